The molecule has 0 atom stereocenters. The summed E-state index contributed by atoms with van der Waals surface area (Å²) in [6.07, 6.45) is 1.48. The van der Waals surface area contributed by atoms with Crippen LogP contribution in [0.4, 0.5) is 11.4 Å². The average molecular weight is 415 g/mol. The van der Waals surface area contributed by atoms with Gasteiger partial charge in [-0.2, -0.15) is 0 Å². The second-order valence-electron chi connectivity index (χ2n) is 4.47. The molecule has 1 aromatic carbocycles. The van der Waals surface area contributed by atoms with E-state index in [0.29, 0.717) is 16.5 Å². The Morgan fingerprint density at radius 2 is 1.78 bits per heavy atom. The van der Waals surface area contributed by atoms with Crippen LogP contribution in [0.1, 0.15) is 0 Å². The molecule has 0 unspecified atom stereocenters. The van der Waals surface area contributed by atoms with Crippen LogP contribution < -0.4 is 10.6 Å². The first kappa shape index (κ1) is 17.8. The molecule has 5 nitrogen and oxygen atoms in total. The minimum absolute atomic E-state index is 0.158. The Morgan fingerprint density at radius 3 is 2.39 bits per heavy atom. The van der Waals surface area contributed by atoms with Crippen LogP contribution in [-0.4, -0.2) is 28.3 Å². The number of aromatic nitrogens is 1. The Labute approximate surface area is 151 Å². The molecule has 2 aromatic rings. The predicted octanol–water partition coefficient (Wildman–Crippen LogP) is 3.81. The summed E-state index contributed by atoms with van der Waals surface area (Å²) in [7, 11) is 0. The van der Waals surface area contributed by atoms with E-state index in [1.165, 1.54) is 18.0 Å². The lowest BCUT2D eigenvalue weighted by atomic mass is 10.3. The van der Waals surface area contributed by atoms with Gasteiger partial charge in [-0.05, 0) is 30.3 Å². The summed E-state index contributed by atoms with van der Waals surface area (Å²) in [5.41, 5.74) is 1.28. The van der Waals surface area contributed by atoms with Crippen LogP contribution in [0.5, 0.6) is 0 Å². The quantitative estimate of drug-likeness (QED) is 0.705. The molecule has 1 aromatic heterocycles. The molecular formula is C15H13BrClN3O2S. The van der Waals surface area contributed by atoms with E-state index in [1.54, 1.807) is 18.2 Å². The number of carbonyl (C=O) groups is 2. The van der Waals surface area contributed by atoms with Gasteiger partial charge in [-0.25, -0.2) is 4.98 Å². The van der Waals surface area contributed by atoms with E-state index in [9.17, 15) is 9.59 Å². The number of rotatable bonds is 6. The van der Waals surface area contributed by atoms with Crippen LogP contribution in [0.2, 0.25) is 5.15 Å². The summed E-state index contributed by atoms with van der Waals surface area (Å²) in [6, 6.07) is 10.6. The number of amides is 2. The highest BCUT2D eigenvalue weighted by molar-refractivity contribution is 9.10. The zero-order valence-corrected chi connectivity index (χ0v) is 15.0. The molecule has 1 heterocycles. The van der Waals surface area contributed by atoms with Crippen LogP contribution in [0.3, 0.4) is 0 Å². The van der Waals surface area contributed by atoms with Gasteiger partial charge in [-0.1, -0.05) is 33.6 Å². The Balaban J connectivity index is 1.70. The maximum atomic E-state index is 11.8. The first-order chi connectivity index (χ1) is 11.0. The van der Waals surface area contributed by atoms with Crippen LogP contribution in [0, 0.1) is 0 Å². The lowest BCUT2D eigenvalue weighted by Gasteiger charge is -2.06. The van der Waals surface area contributed by atoms with Crippen molar-refractivity contribution in [2.75, 3.05) is 22.1 Å². The lowest BCUT2D eigenvalue weighted by Crippen LogP contribution is -2.18. The van der Waals surface area contributed by atoms with Gasteiger partial charge < -0.3 is 10.6 Å². The van der Waals surface area contributed by atoms with Crippen molar-refractivity contribution >= 4 is 62.5 Å². The maximum Gasteiger partial charge on any atom is 0.234 e. The zero-order chi connectivity index (χ0) is 16.7. The van der Waals surface area contributed by atoms with Gasteiger partial charge in [-0.3, -0.25) is 9.59 Å². The minimum Gasteiger partial charge on any atom is -0.325 e. The number of carbonyl (C=O) groups excluding carboxylic acids is 2. The van der Waals surface area contributed by atoms with Gasteiger partial charge in [0.05, 0.1) is 23.4 Å². The Hall–Kier alpha value is -1.57. The summed E-state index contributed by atoms with van der Waals surface area (Å²) in [5, 5.41) is 5.81. The molecule has 0 saturated carbocycles. The molecule has 0 radical (unpaired) electrons. The van der Waals surface area contributed by atoms with E-state index in [1.807, 2.05) is 18.2 Å². The van der Waals surface area contributed by atoms with Crippen LogP contribution in [0.25, 0.3) is 0 Å². The van der Waals surface area contributed by atoms with E-state index >= 15 is 0 Å². The van der Waals surface area contributed by atoms with E-state index in [4.69, 9.17) is 11.6 Å². The number of benzene rings is 1. The monoisotopic (exact) mass is 413 g/mol. The SMILES string of the molecule is O=C(CSCC(=O)Nc1cccc(Br)c1)Nc1ccc(Cl)nc1. The molecule has 0 fully saturated rings. The largest absolute Gasteiger partial charge is 0.325 e. The van der Waals surface area contributed by atoms with Gasteiger partial charge in [0, 0.05) is 10.2 Å². The third-order valence-electron chi connectivity index (χ3n) is 2.59. The Kier molecular flexibility index (Phi) is 6.88. The fourth-order valence-electron chi connectivity index (χ4n) is 1.65. The zero-order valence-electron chi connectivity index (χ0n) is 11.9. The van der Waals surface area contributed by atoms with E-state index in [-0.39, 0.29) is 23.3 Å². The number of thioether (sulfide) groups is 1. The standard InChI is InChI=1S/C15H13BrClN3O2S/c16-10-2-1-3-11(6-10)19-14(21)8-23-9-15(22)20-12-4-5-13(17)18-7-12/h1-7H,8-9H2,(H,19,21)(H,20,22). The number of hydrogen-bond acceptors (Lipinski definition) is 4. The van der Waals surface area contributed by atoms with Crippen molar-refractivity contribution in [2.24, 2.45) is 0 Å². The molecule has 2 N–H and O–H groups in total. The van der Waals surface area contributed by atoms with Gasteiger partial charge in [-0.15, -0.1) is 11.8 Å². The number of nitrogens with zero attached hydrogens (tertiary/aromatic N) is 1. The van der Waals surface area contributed by atoms with Gasteiger partial charge >= 0.3 is 0 Å². The topological polar surface area (TPSA) is 71.1 Å². The number of halogens is 2. The molecule has 120 valence electrons. The molecule has 2 amide bonds. The van der Waals surface area contributed by atoms with Crippen LogP contribution in [-0.2, 0) is 9.59 Å². The van der Waals surface area contributed by atoms with E-state index in [0.717, 1.165) is 4.47 Å². The van der Waals surface area contributed by atoms with E-state index in [2.05, 4.69) is 31.5 Å². The van der Waals surface area contributed by atoms with Crippen molar-refractivity contribution < 1.29 is 9.59 Å². The van der Waals surface area contributed by atoms with Gasteiger partial charge in [0.1, 0.15) is 5.15 Å². The van der Waals surface area contributed by atoms with Crippen molar-refractivity contribution in [3.8, 4) is 0 Å². The van der Waals surface area contributed by atoms with Crippen molar-refractivity contribution in [3.63, 3.8) is 0 Å². The molecule has 0 aliphatic heterocycles. The van der Waals surface area contributed by atoms with Gasteiger partial charge in [0.25, 0.3) is 0 Å². The summed E-state index contributed by atoms with van der Waals surface area (Å²) >= 11 is 10.2. The fraction of sp³-hybridized carbons (Fsp3) is 0.133. The highest BCUT2D eigenvalue weighted by Crippen LogP contribution is 2.16. The smallest absolute Gasteiger partial charge is 0.234 e. The molecule has 2 rings (SSSR count). The molecule has 0 spiro atoms. The van der Waals surface area contributed by atoms with Gasteiger partial charge in [0.15, 0.2) is 0 Å². The van der Waals surface area contributed by atoms with Crippen molar-refractivity contribution in [2.45, 2.75) is 0 Å². The fourth-order valence-corrected chi connectivity index (χ4v) is 2.77. The molecule has 8 heteroatoms. The summed E-state index contributed by atoms with van der Waals surface area (Å²) < 4.78 is 0.888. The normalized spacial score (nSPS) is 10.2. The van der Waals surface area contributed by atoms with Crippen LogP contribution >= 0.6 is 39.3 Å². The third-order valence-corrected chi connectivity index (χ3v) is 4.24. The maximum absolute atomic E-state index is 11.8. The molecule has 23 heavy (non-hydrogen) atoms. The number of anilines is 2. The van der Waals surface area contributed by atoms with Crippen LogP contribution in [0.15, 0.2) is 47.1 Å². The first-order valence-corrected chi connectivity index (χ1v) is 8.90. The lowest BCUT2D eigenvalue weighted by molar-refractivity contribution is -0.114. The van der Waals surface area contributed by atoms with Crippen molar-refractivity contribution in [3.05, 3.63) is 52.2 Å². The average Bonchev–Trinajstić information content (AvgIpc) is 2.49. The Bertz CT molecular complexity index is 697. The Morgan fingerprint density at radius 1 is 1.09 bits per heavy atom. The van der Waals surface area contributed by atoms with E-state index < -0.39 is 0 Å². The predicted molar refractivity (Wildman–Crippen MR) is 98.0 cm³/mol. The first-order valence-electron chi connectivity index (χ1n) is 6.57. The molecule has 0 aliphatic rings. The molecule has 0 bridgehead atoms. The molecular weight excluding hydrogens is 402 g/mol. The summed E-state index contributed by atoms with van der Waals surface area (Å²) in [5.74, 6) is 0.0105. The van der Waals surface area contributed by atoms with Crippen molar-refractivity contribution in [1.82, 2.24) is 4.98 Å². The highest BCUT2D eigenvalue weighted by Gasteiger charge is 2.07. The van der Waals surface area contributed by atoms with Crippen molar-refractivity contribution in [1.29, 1.82) is 0 Å². The van der Waals surface area contributed by atoms with Gasteiger partial charge in [0.2, 0.25) is 11.8 Å². The number of hydrogen-bond donors (Lipinski definition) is 2. The summed E-state index contributed by atoms with van der Waals surface area (Å²) in [6.45, 7) is 0. The molecule has 0 aliphatic carbocycles. The minimum atomic E-state index is -0.200. The second-order valence-corrected chi connectivity index (χ2v) is 6.76. The second kappa shape index (κ2) is 8.90. The number of pyridine rings is 1. The molecule has 0 saturated heterocycles. The number of nitrogens with one attached hydrogen (secondary N) is 2. The third kappa shape index (κ3) is 6.60. The summed E-state index contributed by atoms with van der Waals surface area (Å²) in [4.78, 5) is 27.4. The highest BCUT2D eigenvalue weighted by atomic mass is 79.9.